The van der Waals surface area contributed by atoms with Crippen molar-refractivity contribution in [2.24, 2.45) is 5.92 Å². The van der Waals surface area contributed by atoms with E-state index in [2.05, 4.69) is 0 Å². The Bertz CT molecular complexity index is 525. The van der Waals surface area contributed by atoms with Gasteiger partial charge in [0.1, 0.15) is 5.57 Å². The van der Waals surface area contributed by atoms with Crippen molar-refractivity contribution in [2.75, 3.05) is 6.61 Å². The molecule has 1 aliphatic rings. The van der Waals surface area contributed by atoms with Gasteiger partial charge < -0.3 is 4.74 Å². The first kappa shape index (κ1) is 13.5. The lowest BCUT2D eigenvalue weighted by Gasteiger charge is -2.08. The highest BCUT2D eigenvalue weighted by Gasteiger charge is 2.35. The van der Waals surface area contributed by atoms with Crippen LogP contribution in [0.2, 0.25) is 0 Å². The van der Waals surface area contributed by atoms with E-state index < -0.39 is 0 Å². The maximum absolute atomic E-state index is 12.5. The Morgan fingerprint density at radius 1 is 1.32 bits per heavy atom. The summed E-state index contributed by atoms with van der Waals surface area (Å²) < 4.78 is 5.17. The number of carbonyl (C=O) groups excluding carboxylic acids is 2. The van der Waals surface area contributed by atoms with Crippen LogP contribution < -0.4 is 0 Å². The number of carbonyl (C=O) groups is 2. The number of rotatable bonds is 6. The summed E-state index contributed by atoms with van der Waals surface area (Å²) in [5.74, 6) is -0.301. The Labute approximate surface area is 113 Å². The first-order chi connectivity index (χ1) is 9.15. The average molecular weight is 258 g/mol. The molecule has 3 heteroatoms. The summed E-state index contributed by atoms with van der Waals surface area (Å²) >= 11 is 0. The molecule has 1 aromatic rings. The van der Waals surface area contributed by atoms with E-state index in [0.29, 0.717) is 12.2 Å². The lowest BCUT2D eigenvalue weighted by Crippen LogP contribution is -2.16. The van der Waals surface area contributed by atoms with E-state index in [1.165, 1.54) is 6.26 Å². The maximum Gasteiger partial charge on any atom is 0.199 e. The molecule has 0 saturated heterocycles. The fraction of sp³-hybridized carbons (Fsp3) is 0.375. The van der Waals surface area contributed by atoms with Gasteiger partial charge in [-0.05, 0) is 32.3 Å². The molecule has 0 amide bonds. The molecule has 100 valence electrons. The first-order valence-corrected chi connectivity index (χ1v) is 6.61. The second-order valence-corrected chi connectivity index (χ2v) is 4.77. The van der Waals surface area contributed by atoms with E-state index >= 15 is 0 Å². The normalized spacial score (nSPS) is 15.2. The molecule has 0 unspecified atom stereocenters. The lowest BCUT2D eigenvalue weighted by molar-refractivity contribution is -0.116. The minimum absolute atomic E-state index is 0.0136. The number of aryl methyl sites for hydroxylation is 1. The number of hydrogen-bond donors (Lipinski definition) is 0. The van der Waals surface area contributed by atoms with Gasteiger partial charge in [-0.3, -0.25) is 9.59 Å². The van der Waals surface area contributed by atoms with Crippen molar-refractivity contribution < 1.29 is 14.3 Å². The molecule has 0 heterocycles. The van der Waals surface area contributed by atoms with E-state index in [0.717, 1.165) is 18.4 Å². The number of benzene rings is 1. The van der Waals surface area contributed by atoms with Crippen molar-refractivity contribution in [3.63, 3.8) is 0 Å². The van der Waals surface area contributed by atoms with Crippen LogP contribution in [0.3, 0.4) is 0 Å². The molecule has 1 aromatic carbocycles. The average Bonchev–Trinajstić information content (AvgIpc) is 3.23. The molecule has 0 spiro atoms. The molecular weight excluding hydrogens is 240 g/mol. The summed E-state index contributed by atoms with van der Waals surface area (Å²) in [5, 5.41) is 0. The summed E-state index contributed by atoms with van der Waals surface area (Å²) in [6, 6.07) is 7.30. The second-order valence-electron chi connectivity index (χ2n) is 4.77. The number of Topliss-reactive ketones (excluding diaryl/α,β-unsaturated/α-hetero) is 2. The zero-order valence-electron chi connectivity index (χ0n) is 11.3. The molecule has 0 atom stereocenters. The third kappa shape index (κ3) is 3.11. The Morgan fingerprint density at radius 3 is 2.58 bits per heavy atom. The van der Waals surface area contributed by atoms with Gasteiger partial charge in [-0.25, -0.2) is 0 Å². The summed E-state index contributed by atoms with van der Waals surface area (Å²) in [5.41, 5.74) is 1.62. The molecule has 19 heavy (non-hydrogen) atoms. The van der Waals surface area contributed by atoms with Gasteiger partial charge in [0.15, 0.2) is 11.6 Å². The van der Waals surface area contributed by atoms with Gasteiger partial charge >= 0.3 is 0 Å². The van der Waals surface area contributed by atoms with E-state index in [9.17, 15) is 9.59 Å². The van der Waals surface area contributed by atoms with Crippen LogP contribution in [0.15, 0.2) is 36.1 Å². The van der Waals surface area contributed by atoms with Gasteiger partial charge in [-0.1, -0.05) is 24.3 Å². The van der Waals surface area contributed by atoms with E-state index in [4.69, 9.17) is 4.74 Å². The van der Waals surface area contributed by atoms with Gasteiger partial charge in [0.05, 0.1) is 12.9 Å². The van der Waals surface area contributed by atoms with Crippen LogP contribution in [0, 0.1) is 12.8 Å². The van der Waals surface area contributed by atoms with Crippen molar-refractivity contribution in [1.82, 2.24) is 0 Å². The third-order valence-electron chi connectivity index (χ3n) is 3.22. The summed E-state index contributed by atoms with van der Waals surface area (Å²) in [7, 11) is 0. The van der Waals surface area contributed by atoms with Crippen LogP contribution in [-0.2, 0) is 9.53 Å². The molecule has 0 radical (unpaired) electrons. The van der Waals surface area contributed by atoms with Crippen LogP contribution >= 0.6 is 0 Å². The fourth-order valence-electron chi connectivity index (χ4n) is 1.93. The van der Waals surface area contributed by atoms with Crippen LogP contribution in [0.1, 0.15) is 35.7 Å². The van der Waals surface area contributed by atoms with Gasteiger partial charge in [0.2, 0.25) is 0 Å². The minimum Gasteiger partial charge on any atom is -0.501 e. The molecule has 0 aliphatic heterocycles. The molecule has 1 saturated carbocycles. The van der Waals surface area contributed by atoms with Crippen molar-refractivity contribution in [2.45, 2.75) is 26.7 Å². The van der Waals surface area contributed by atoms with Gasteiger partial charge in [0.25, 0.3) is 0 Å². The summed E-state index contributed by atoms with van der Waals surface area (Å²) in [4.78, 5) is 24.6. The van der Waals surface area contributed by atoms with E-state index in [1.807, 2.05) is 26.0 Å². The second kappa shape index (κ2) is 5.83. The topological polar surface area (TPSA) is 43.4 Å². The SMILES string of the molecule is CCOC=C(C(=O)c1ccccc1C)C(=O)C1CC1. The van der Waals surface area contributed by atoms with Gasteiger partial charge in [-0.2, -0.15) is 0 Å². The number of ketones is 2. The Hall–Kier alpha value is -1.90. The first-order valence-electron chi connectivity index (χ1n) is 6.61. The predicted octanol–water partition coefficient (Wildman–Crippen LogP) is 3.08. The van der Waals surface area contributed by atoms with Crippen molar-refractivity contribution in [3.8, 4) is 0 Å². The van der Waals surface area contributed by atoms with Crippen LogP contribution in [0.5, 0.6) is 0 Å². The van der Waals surface area contributed by atoms with E-state index in [1.54, 1.807) is 12.1 Å². The van der Waals surface area contributed by atoms with Crippen molar-refractivity contribution >= 4 is 11.6 Å². The number of ether oxygens (including phenoxy) is 1. The molecule has 2 rings (SSSR count). The maximum atomic E-state index is 12.5. The van der Waals surface area contributed by atoms with Crippen molar-refractivity contribution in [3.05, 3.63) is 47.2 Å². The Balaban J connectivity index is 2.30. The number of allylic oxidation sites excluding steroid dienone is 1. The van der Waals surface area contributed by atoms with Crippen LogP contribution in [0.25, 0.3) is 0 Å². The molecular formula is C16H18O3. The smallest absolute Gasteiger partial charge is 0.199 e. The quantitative estimate of drug-likeness (QED) is 0.259. The highest BCUT2D eigenvalue weighted by atomic mass is 16.5. The fourth-order valence-corrected chi connectivity index (χ4v) is 1.93. The molecule has 1 fully saturated rings. The lowest BCUT2D eigenvalue weighted by atomic mass is 9.96. The van der Waals surface area contributed by atoms with E-state index in [-0.39, 0.29) is 23.1 Å². The minimum atomic E-state index is -0.233. The molecule has 0 N–H and O–H groups in total. The van der Waals surface area contributed by atoms with Crippen LogP contribution in [0.4, 0.5) is 0 Å². The zero-order chi connectivity index (χ0) is 13.8. The Kier molecular flexibility index (Phi) is 4.15. The third-order valence-corrected chi connectivity index (χ3v) is 3.22. The zero-order valence-corrected chi connectivity index (χ0v) is 11.3. The van der Waals surface area contributed by atoms with Crippen LogP contribution in [-0.4, -0.2) is 18.2 Å². The van der Waals surface area contributed by atoms with Gasteiger partial charge in [0, 0.05) is 11.5 Å². The largest absolute Gasteiger partial charge is 0.501 e. The number of hydrogen-bond acceptors (Lipinski definition) is 3. The van der Waals surface area contributed by atoms with Crippen molar-refractivity contribution in [1.29, 1.82) is 0 Å². The molecule has 1 aliphatic carbocycles. The van der Waals surface area contributed by atoms with Gasteiger partial charge in [-0.15, -0.1) is 0 Å². The monoisotopic (exact) mass is 258 g/mol. The standard InChI is InChI=1S/C16H18O3/c1-3-19-10-14(15(17)12-8-9-12)16(18)13-7-5-4-6-11(13)2/h4-7,10,12H,3,8-9H2,1-2H3. The summed E-state index contributed by atoms with van der Waals surface area (Å²) in [6.45, 7) is 4.14. The predicted molar refractivity (Wildman–Crippen MR) is 72.9 cm³/mol. The molecule has 0 bridgehead atoms. The molecule has 3 nitrogen and oxygen atoms in total. The highest BCUT2D eigenvalue weighted by molar-refractivity contribution is 6.27. The molecule has 0 aromatic heterocycles. The Morgan fingerprint density at radius 2 is 2.00 bits per heavy atom. The highest BCUT2D eigenvalue weighted by Crippen LogP contribution is 2.33. The summed E-state index contributed by atoms with van der Waals surface area (Å²) in [6.07, 6.45) is 3.09.